The first-order chi connectivity index (χ1) is 12.7. The highest BCUT2D eigenvalue weighted by atomic mass is 35.5. The number of hydrogen-bond acceptors (Lipinski definition) is 6. The third-order valence-electron chi connectivity index (χ3n) is 4.24. The van der Waals surface area contributed by atoms with Crippen LogP contribution in [0.1, 0.15) is 27.7 Å². The molecule has 7 nitrogen and oxygen atoms in total. The van der Waals surface area contributed by atoms with Crippen LogP contribution in [-0.2, 0) is 32.5 Å². The van der Waals surface area contributed by atoms with Crippen LogP contribution in [0.3, 0.4) is 0 Å². The molecule has 2 N–H and O–H groups in total. The van der Waals surface area contributed by atoms with Crippen molar-refractivity contribution >= 4 is 44.8 Å². The van der Waals surface area contributed by atoms with Gasteiger partial charge in [0.1, 0.15) is 0 Å². The lowest BCUT2D eigenvalue weighted by molar-refractivity contribution is -0.140. The van der Waals surface area contributed by atoms with Gasteiger partial charge in [-0.1, -0.05) is 11.6 Å². The zero-order chi connectivity index (χ0) is 19.8. The van der Waals surface area contributed by atoms with Crippen LogP contribution in [0.4, 0.5) is 0 Å². The number of rotatable bonds is 4. The number of nitrogens with zero attached hydrogens (tertiary/aromatic N) is 1. The predicted octanol–water partition coefficient (Wildman–Crippen LogP) is 2.18. The first kappa shape index (κ1) is 19.8. The minimum Gasteiger partial charge on any atom is -0.449 e. The number of carbonyl (C=O) groups excluding carboxylic acids is 2. The van der Waals surface area contributed by atoms with E-state index in [0.717, 1.165) is 18.1 Å². The third-order valence-corrected chi connectivity index (χ3v) is 6.50. The number of nitrogens with two attached hydrogens (primary N) is 1. The Balaban J connectivity index is 1.72. The van der Waals surface area contributed by atoms with Crippen LogP contribution in [0.25, 0.3) is 0 Å². The molecule has 0 radical (unpaired) electrons. The van der Waals surface area contributed by atoms with Crippen molar-refractivity contribution in [2.24, 2.45) is 5.14 Å². The van der Waals surface area contributed by atoms with Crippen molar-refractivity contribution in [1.29, 1.82) is 0 Å². The average molecular weight is 429 g/mol. The fraction of sp³-hybridized carbons (Fsp3) is 0.294. The summed E-state index contributed by atoms with van der Waals surface area (Å²) in [6, 6.07) is 5.45. The molecule has 1 aromatic carbocycles. The molecule has 10 heteroatoms. The van der Waals surface area contributed by atoms with Gasteiger partial charge in [-0.15, -0.1) is 11.3 Å². The summed E-state index contributed by atoms with van der Waals surface area (Å²) in [6.07, 6.45) is -0.270. The lowest BCUT2D eigenvalue weighted by atomic mass is 10.1. The highest BCUT2D eigenvalue weighted by molar-refractivity contribution is 7.89. The van der Waals surface area contributed by atoms with Crippen molar-refractivity contribution in [2.45, 2.75) is 30.9 Å². The number of carbonyl (C=O) groups is 2. The largest absolute Gasteiger partial charge is 0.449 e. The molecule has 27 heavy (non-hydrogen) atoms. The number of benzene rings is 1. The quantitative estimate of drug-likeness (QED) is 0.751. The summed E-state index contributed by atoms with van der Waals surface area (Å²) in [5, 5.41) is 7.07. The van der Waals surface area contributed by atoms with Gasteiger partial charge in [0, 0.05) is 18.0 Å². The second kappa shape index (κ2) is 7.59. The van der Waals surface area contributed by atoms with Crippen LogP contribution in [0, 0.1) is 0 Å². The van der Waals surface area contributed by atoms with E-state index in [0.29, 0.717) is 13.1 Å². The summed E-state index contributed by atoms with van der Waals surface area (Å²) in [7, 11) is -4.00. The SMILES string of the molecule is CC(OC(=O)c1cc(S(N)(=O)=O)ccc1Cl)C(=O)N1CCc2sccc2C1. The molecule has 1 amide bonds. The Morgan fingerprint density at radius 3 is 2.78 bits per heavy atom. The average Bonchev–Trinajstić information content (AvgIpc) is 3.07. The monoisotopic (exact) mass is 428 g/mol. The van der Waals surface area contributed by atoms with Crippen LogP contribution in [0.2, 0.25) is 5.02 Å². The van der Waals surface area contributed by atoms with E-state index >= 15 is 0 Å². The van der Waals surface area contributed by atoms with Gasteiger partial charge in [-0.3, -0.25) is 4.79 Å². The molecule has 1 aliphatic rings. The number of sulfonamides is 1. The van der Waals surface area contributed by atoms with Crippen molar-refractivity contribution in [3.63, 3.8) is 0 Å². The Labute approximate surface area is 165 Å². The molecule has 0 fully saturated rings. The van der Waals surface area contributed by atoms with Crippen LogP contribution >= 0.6 is 22.9 Å². The lowest BCUT2D eigenvalue weighted by Gasteiger charge is -2.29. The first-order valence-corrected chi connectivity index (χ1v) is 10.8. The molecule has 1 unspecified atom stereocenters. The van der Waals surface area contributed by atoms with Gasteiger partial charge in [0.15, 0.2) is 6.10 Å². The van der Waals surface area contributed by atoms with Gasteiger partial charge in [0.25, 0.3) is 5.91 Å². The summed E-state index contributed by atoms with van der Waals surface area (Å²) in [5.74, 6) is -1.21. The number of esters is 1. The highest BCUT2D eigenvalue weighted by Gasteiger charge is 2.28. The molecule has 1 atom stereocenters. The molecule has 0 aliphatic carbocycles. The summed E-state index contributed by atoms with van der Waals surface area (Å²) in [5.41, 5.74) is 0.934. The molecule has 0 bridgehead atoms. The smallest absolute Gasteiger partial charge is 0.340 e. The summed E-state index contributed by atoms with van der Waals surface area (Å²) in [4.78, 5) is 27.6. The van der Waals surface area contributed by atoms with Gasteiger partial charge in [0.2, 0.25) is 10.0 Å². The Morgan fingerprint density at radius 2 is 2.07 bits per heavy atom. The number of hydrogen-bond donors (Lipinski definition) is 1. The second-order valence-electron chi connectivity index (χ2n) is 6.11. The minimum absolute atomic E-state index is 0.00735. The maximum atomic E-state index is 12.6. The van der Waals surface area contributed by atoms with E-state index in [4.69, 9.17) is 21.5 Å². The molecule has 144 valence electrons. The normalized spacial score (nSPS) is 15.1. The zero-order valence-corrected chi connectivity index (χ0v) is 16.7. The molecule has 0 saturated carbocycles. The maximum Gasteiger partial charge on any atom is 0.340 e. The Hall–Kier alpha value is -1.94. The van der Waals surface area contributed by atoms with E-state index in [9.17, 15) is 18.0 Å². The number of halogens is 1. The predicted molar refractivity (Wildman–Crippen MR) is 101 cm³/mol. The van der Waals surface area contributed by atoms with E-state index in [1.807, 2.05) is 11.4 Å². The molecule has 2 aromatic rings. The van der Waals surface area contributed by atoms with Crippen LogP contribution in [0.5, 0.6) is 0 Å². The van der Waals surface area contributed by atoms with Gasteiger partial charge in [-0.25, -0.2) is 18.4 Å². The van der Waals surface area contributed by atoms with Crippen molar-refractivity contribution in [2.75, 3.05) is 6.54 Å². The topological polar surface area (TPSA) is 107 Å². The van der Waals surface area contributed by atoms with Crippen LogP contribution in [0.15, 0.2) is 34.5 Å². The maximum absolute atomic E-state index is 12.6. The van der Waals surface area contributed by atoms with E-state index in [1.165, 1.54) is 23.9 Å². The van der Waals surface area contributed by atoms with E-state index in [2.05, 4.69) is 0 Å². The van der Waals surface area contributed by atoms with E-state index in [1.54, 1.807) is 16.2 Å². The second-order valence-corrected chi connectivity index (χ2v) is 9.08. The summed E-state index contributed by atoms with van der Waals surface area (Å²) < 4.78 is 28.1. The zero-order valence-electron chi connectivity index (χ0n) is 14.3. The molecule has 3 rings (SSSR count). The molecular formula is C17H17ClN2O5S2. The van der Waals surface area contributed by atoms with E-state index < -0.39 is 22.1 Å². The van der Waals surface area contributed by atoms with Crippen molar-refractivity contribution in [3.05, 3.63) is 50.7 Å². The van der Waals surface area contributed by atoms with Gasteiger partial charge in [0.05, 0.1) is 15.5 Å². The van der Waals surface area contributed by atoms with Crippen LogP contribution in [-0.4, -0.2) is 37.8 Å². The van der Waals surface area contributed by atoms with Crippen molar-refractivity contribution in [1.82, 2.24) is 4.90 Å². The molecule has 1 aliphatic heterocycles. The molecule has 2 heterocycles. The summed E-state index contributed by atoms with van der Waals surface area (Å²) >= 11 is 7.63. The first-order valence-electron chi connectivity index (χ1n) is 8.04. The Kier molecular flexibility index (Phi) is 5.57. The highest BCUT2D eigenvalue weighted by Crippen LogP contribution is 2.25. The molecular weight excluding hydrogens is 412 g/mol. The number of amides is 1. The number of fused-ring (bicyclic) bond motifs is 1. The lowest BCUT2D eigenvalue weighted by Crippen LogP contribution is -2.42. The van der Waals surface area contributed by atoms with Crippen LogP contribution < -0.4 is 5.14 Å². The molecule has 0 saturated heterocycles. The summed E-state index contributed by atoms with van der Waals surface area (Å²) in [6.45, 7) is 2.50. The molecule has 0 spiro atoms. The number of thiophene rings is 1. The van der Waals surface area contributed by atoms with Crippen molar-refractivity contribution in [3.8, 4) is 0 Å². The third kappa shape index (κ3) is 4.32. The molecule has 1 aromatic heterocycles. The van der Waals surface area contributed by atoms with Gasteiger partial charge in [-0.05, 0) is 48.6 Å². The van der Waals surface area contributed by atoms with Crippen molar-refractivity contribution < 1.29 is 22.7 Å². The number of ether oxygens (including phenoxy) is 1. The van der Waals surface area contributed by atoms with E-state index in [-0.39, 0.29) is 21.4 Å². The Morgan fingerprint density at radius 1 is 1.33 bits per heavy atom. The number of primary sulfonamides is 1. The Bertz CT molecular complexity index is 1000. The van der Waals surface area contributed by atoms with Gasteiger partial charge in [-0.2, -0.15) is 0 Å². The fourth-order valence-corrected chi connectivity index (χ4v) is 4.43. The fourth-order valence-electron chi connectivity index (χ4n) is 2.81. The minimum atomic E-state index is -4.00. The standard InChI is InChI=1S/C17H17ClN2O5S2/c1-10(16(21)20-6-4-15-11(9-20)5-7-26-15)25-17(22)13-8-12(27(19,23)24)2-3-14(13)18/h2-3,5,7-8,10H,4,6,9H2,1H3,(H2,19,23,24). The van der Waals surface area contributed by atoms with Gasteiger partial charge < -0.3 is 9.64 Å². The van der Waals surface area contributed by atoms with Gasteiger partial charge >= 0.3 is 5.97 Å².